The quantitative estimate of drug-likeness (QED) is 0.841. The Morgan fingerprint density at radius 2 is 1.95 bits per heavy atom. The molecule has 5 heteroatoms. The van der Waals surface area contributed by atoms with Crippen LogP contribution in [-0.4, -0.2) is 13.0 Å². The molecule has 1 amide bonds. The summed E-state index contributed by atoms with van der Waals surface area (Å²) in [6, 6.07) is 11.3. The lowest BCUT2D eigenvalue weighted by Crippen LogP contribution is -2.24. The largest absolute Gasteiger partial charge is 0.496 e. The number of halogens is 1. The van der Waals surface area contributed by atoms with Crippen LogP contribution in [0.1, 0.15) is 15.9 Å². The number of nitrogens with two attached hydrogens (primary N) is 1. The fraction of sp³-hybridized carbons (Fsp3) is 0.133. The number of benzene rings is 2. The Morgan fingerprint density at radius 1 is 1.25 bits per heavy atom. The van der Waals surface area contributed by atoms with Gasteiger partial charge >= 0.3 is 0 Å². The zero-order chi connectivity index (χ0) is 14.5. The van der Waals surface area contributed by atoms with Crippen molar-refractivity contribution in [3.63, 3.8) is 0 Å². The Kier molecular flexibility index (Phi) is 4.20. The molecular weight excluding hydrogens is 259 g/mol. The van der Waals surface area contributed by atoms with Crippen molar-refractivity contribution in [2.45, 2.75) is 6.54 Å². The maximum absolute atomic E-state index is 13.7. The minimum absolute atomic E-state index is 0.0922. The van der Waals surface area contributed by atoms with Crippen LogP contribution in [-0.2, 0) is 6.54 Å². The highest BCUT2D eigenvalue weighted by Gasteiger charge is 2.16. The summed E-state index contributed by atoms with van der Waals surface area (Å²) >= 11 is 0. The van der Waals surface area contributed by atoms with Crippen molar-refractivity contribution in [1.82, 2.24) is 5.32 Å². The van der Waals surface area contributed by atoms with Gasteiger partial charge in [-0.25, -0.2) is 4.39 Å². The normalized spacial score (nSPS) is 10.1. The molecule has 0 heterocycles. The van der Waals surface area contributed by atoms with Gasteiger partial charge in [0.2, 0.25) is 0 Å². The number of anilines is 1. The third kappa shape index (κ3) is 3.06. The Bertz CT molecular complexity index is 612. The highest BCUT2D eigenvalue weighted by Crippen LogP contribution is 2.21. The van der Waals surface area contributed by atoms with E-state index in [4.69, 9.17) is 10.5 Å². The first kappa shape index (κ1) is 13.9. The molecule has 0 saturated heterocycles. The molecule has 0 atom stereocenters. The van der Waals surface area contributed by atoms with Crippen LogP contribution in [0.25, 0.3) is 0 Å². The van der Waals surface area contributed by atoms with E-state index in [1.165, 1.54) is 19.2 Å². The van der Waals surface area contributed by atoms with E-state index >= 15 is 0 Å². The van der Waals surface area contributed by atoms with E-state index in [1.54, 1.807) is 30.3 Å². The lowest BCUT2D eigenvalue weighted by Gasteiger charge is -2.10. The number of methoxy groups -OCH3 is 1. The van der Waals surface area contributed by atoms with E-state index in [-0.39, 0.29) is 17.9 Å². The van der Waals surface area contributed by atoms with Gasteiger partial charge in [-0.2, -0.15) is 0 Å². The van der Waals surface area contributed by atoms with Gasteiger partial charge in [-0.05, 0) is 29.8 Å². The number of hydrogen-bond acceptors (Lipinski definition) is 3. The molecule has 0 unspecified atom stereocenters. The molecule has 0 spiro atoms. The molecule has 4 nitrogen and oxygen atoms in total. The SMILES string of the molecule is COc1cccc(F)c1C(=O)NCc1ccc(N)cc1. The highest BCUT2D eigenvalue weighted by atomic mass is 19.1. The Morgan fingerprint density at radius 3 is 2.60 bits per heavy atom. The van der Waals surface area contributed by atoms with Crippen LogP contribution >= 0.6 is 0 Å². The van der Waals surface area contributed by atoms with E-state index in [0.29, 0.717) is 5.69 Å². The molecule has 104 valence electrons. The molecule has 2 rings (SSSR count). The number of nitrogen functional groups attached to an aromatic ring is 1. The zero-order valence-electron chi connectivity index (χ0n) is 11.0. The van der Waals surface area contributed by atoms with Crippen LogP contribution in [0.5, 0.6) is 5.75 Å². The Balaban J connectivity index is 2.11. The number of carbonyl (C=O) groups is 1. The molecule has 3 N–H and O–H groups in total. The first-order valence-electron chi connectivity index (χ1n) is 6.07. The monoisotopic (exact) mass is 274 g/mol. The number of carbonyl (C=O) groups excluding carboxylic acids is 1. The van der Waals surface area contributed by atoms with E-state index in [1.807, 2.05) is 0 Å². The van der Waals surface area contributed by atoms with Gasteiger partial charge in [-0.3, -0.25) is 4.79 Å². The second-order valence-corrected chi connectivity index (χ2v) is 4.24. The van der Waals surface area contributed by atoms with Gasteiger partial charge < -0.3 is 15.8 Å². The highest BCUT2D eigenvalue weighted by molar-refractivity contribution is 5.97. The van der Waals surface area contributed by atoms with Crippen molar-refractivity contribution in [3.8, 4) is 5.75 Å². The fourth-order valence-electron chi connectivity index (χ4n) is 1.80. The third-order valence-electron chi connectivity index (χ3n) is 2.86. The van der Waals surface area contributed by atoms with Crippen LogP contribution in [0.15, 0.2) is 42.5 Å². The summed E-state index contributed by atoms with van der Waals surface area (Å²) in [4.78, 5) is 12.0. The van der Waals surface area contributed by atoms with Crippen molar-refractivity contribution >= 4 is 11.6 Å². The molecule has 0 saturated carbocycles. The van der Waals surface area contributed by atoms with Crippen LogP contribution in [0.3, 0.4) is 0 Å². The van der Waals surface area contributed by atoms with Crippen molar-refractivity contribution in [3.05, 3.63) is 59.4 Å². The van der Waals surface area contributed by atoms with Crippen LogP contribution in [0.4, 0.5) is 10.1 Å². The topological polar surface area (TPSA) is 64.3 Å². The number of amides is 1. The molecule has 0 aliphatic carbocycles. The maximum atomic E-state index is 13.7. The summed E-state index contributed by atoms with van der Waals surface area (Å²) in [5.74, 6) is -0.921. The molecule has 0 bridgehead atoms. The maximum Gasteiger partial charge on any atom is 0.258 e. The van der Waals surface area contributed by atoms with Gasteiger partial charge in [0, 0.05) is 12.2 Å². The van der Waals surface area contributed by atoms with E-state index in [2.05, 4.69) is 5.32 Å². The van der Waals surface area contributed by atoms with Crippen LogP contribution in [0, 0.1) is 5.82 Å². The fourth-order valence-corrected chi connectivity index (χ4v) is 1.80. The van der Waals surface area contributed by atoms with Crippen LogP contribution < -0.4 is 15.8 Å². The minimum atomic E-state index is -0.612. The lowest BCUT2D eigenvalue weighted by atomic mass is 10.1. The summed E-state index contributed by atoms with van der Waals surface area (Å²) in [5.41, 5.74) is 7.01. The first-order valence-corrected chi connectivity index (χ1v) is 6.07. The summed E-state index contributed by atoms with van der Waals surface area (Å²) in [6.45, 7) is 0.288. The summed E-state index contributed by atoms with van der Waals surface area (Å²) in [5, 5.41) is 2.65. The number of hydrogen-bond donors (Lipinski definition) is 2. The summed E-state index contributed by atoms with van der Waals surface area (Å²) in [6.07, 6.45) is 0. The molecular formula is C15H15FN2O2. The Labute approximate surface area is 116 Å². The first-order chi connectivity index (χ1) is 9.61. The summed E-state index contributed by atoms with van der Waals surface area (Å²) in [7, 11) is 1.39. The van der Waals surface area contributed by atoms with Crippen molar-refractivity contribution in [2.24, 2.45) is 0 Å². The van der Waals surface area contributed by atoms with Crippen LogP contribution in [0.2, 0.25) is 0 Å². The summed E-state index contributed by atoms with van der Waals surface area (Å²) < 4.78 is 18.7. The number of ether oxygens (including phenoxy) is 1. The second-order valence-electron chi connectivity index (χ2n) is 4.24. The minimum Gasteiger partial charge on any atom is -0.496 e. The van der Waals surface area contributed by atoms with Crippen molar-refractivity contribution < 1.29 is 13.9 Å². The van der Waals surface area contributed by atoms with Crippen molar-refractivity contribution in [1.29, 1.82) is 0 Å². The van der Waals surface area contributed by atoms with Gasteiger partial charge in [0.15, 0.2) is 0 Å². The zero-order valence-corrected chi connectivity index (χ0v) is 11.0. The predicted molar refractivity (Wildman–Crippen MR) is 75.0 cm³/mol. The van der Waals surface area contributed by atoms with E-state index < -0.39 is 11.7 Å². The molecule has 2 aromatic carbocycles. The molecule has 0 radical (unpaired) electrons. The molecule has 0 aliphatic heterocycles. The predicted octanol–water partition coefficient (Wildman–Crippen LogP) is 2.35. The number of rotatable bonds is 4. The standard InChI is InChI=1S/C15H15FN2O2/c1-20-13-4-2-3-12(16)14(13)15(19)18-9-10-5-7-11(17)8-6-10/h2-8H,9,17H2,1H3,(H,18,19). The molecule has 0 aromatic heterocycles. The lowest BCUT2D eigenvalue weighted by molar-refractivity contribution is 0.0943. The molecule has 2 aromatic rings. The average Bonchev–Trinajstić information content (AvgIpc) is 2.46. The second kappa shape index (κ2) is 6.06. The van der Waals surface area contributed by atoms with E-state index in [0.717, 1.165) is 5.56 Å². The van der Waals surface area contributed by atoms with Gasteiger partial charge in [0.1, 0.15) is 17.1 Å². The van der Waals surface area contributed by atoms with Gasteiger partial charge in [0.25, 0.3) is 5.91 Å². The van der Waals surface area contributed by atoms with Gasteiger partial charge in [-0.15, -0.1) is 0 Å². The van der Waals surface area contributed by atoms with Gasteiger partial charge in [0.05, 0.1) is 7.11 Å². The smallest absolute Gasteiger partial charge is 0.258 e. The van der Waals surface area contributed by atoms with E-state index in [9.17, 15) is 9.18 Å². The number of nitrogens with one attached hydrogen (secondary N) is 1. The molecule has 20 heavy (non-hydrogen) atoms. The molecule has 0 fully saturated rings. The molecule has 0 aliphatic rings. The Hall–Kier alpha value is -2.56. The van der Waals surface area contributed by atoms with Gasteiger partial charge in [-0.1, -0.05) is 18.2 Å². The third-order valence-corrected chi connectivity index (χ3v) is 2.86. The van der Waals surface area contributed by atoms with Crippen molar-refractivity contribution in [2.75, 3.05) is 12.8 Å². The average molecular weight is 274 g/mol.